The van der Waals surface area contributed by atoms with Crippen LogP contribution in [-0.4, -0.2) is 33.0 Å². The minimum absolute atomic E-state index is 0.0407. The number of nitrogens with zero attached hydrogens (tertiary/aromatic N) is 3. The molecule has 1 aliphatic heterocycles. The number of rotatable bonds is 4. The van der Waals surface area contributed by atoms with Crippen molar-refractivity contribution in [1.29, 1.82) is 0 Å². The first kappa shape index (κ1) is 27.1. The minimum Gasteiger partial charge on any atom is -0.463 e. The molecule has 0 unspecified atom stereocenters. The van der Waals surface area contributed by atoms with E-state index in [0.717, 1.165) is 49.4 Å². The predicted molar refractivity (Wildman–Crippen MR) is 143 cm³/mol. The van der Waals surface area contributed by atoms with Crippen LogP contribution in [0, 0.1) is 23.6 Å². The van der Waals surface area contributed by atoms with Crippen LogP contribution in [0.5, 0.6) is 5.75 Å². The maximum Gasteiger partial charge on any atom is 0.330 e. The number of benzene rings is 1. The van der Waals surface area contributed by atoms with Crippen molar-refractivity contribution >= 4 is 17.5 Å². The number of hydrogen-bond donors (Lipinski definition) is 1. The Kier molecular flexibility index (Phi) is 8.98. The second-order valence-electron chi connectivity index (χ2n) is 9.86. The van der Waals surface area contributed by atoms with Crippen molar-refractivity contribution in [2.75, 3.05) is 4.90 Å². The standard InChI is InChI=1S/C16H18N4O.C9H9FO.C4H10/c1-3-4-5-13-17-14-10(2)19(11-6-7-11)16(21)20(12-8-9-12)15(14)18-13;1-7(2)11-9-5-3-8(10)4-6-9;1-4(2)3/h11-12H,2-3,6-9H2,1H3,(H,17,18);3-6H,1H2,2H3;4H,1-3H3. The molecule has 5 rings (SSSR count). The Morgan fingerprint density at radius 3 is 2.22 bits per heavy atom. The van der Waals surface area contributed by atoms with E-state index in [1.807, 2.05) is 16.7 Å². The second kappa shape index (κ2) is 11.9. The molecule has 2 saturated carbocycles. The largest absolute Gasteiger partial charge is 0.463 e. The number of carbonyl (C=O) groups excluding carboxylic acids is 1. The van der Waals surface area contributed by atoms with Crippen molar-refractivity contribution < 1.29 is 13.9 Å². The summed E-state index contributed by atoms with van der Waals surface area (Å²) >= 11 is 0. The molecular weight excluding hydrogens is 455 g/mol. The first-order valence-electron chi connectivity index (χ1n) is 12.6. The first-order valence-corrected chi connectivity index (χ1v) is 12.6. The van der Waals surface area contributed by atoms with Gasteiger partial charge in [-0.25, -0.2) is 14.2 Å². The summed E-state index contributed by atoms with van der Waals surface area (Å²) in [6.07, 6.45) is 5.02. The van der Waals surface area contributed by atoms with Crippen LogP contribution in [-0.2, 0) is 0 Å². The van der Waals surface area contributed by atoms with Crippen LogP contribution in [0.1, 0.15) is 78.2 Å². The number of imidazole rings is 1. The summed E-state index contributed by atoms with van der Waals surface area (Å²) in [7, 11) is 0. The number of H-pyrrole nitrogens is 1. The van der Waals surface area contributed by atoms with Crippen molar-refractivity contribution in [3.8, 4) is 17.6 Å². The summed E-state index contributed by atoms with van der Waals surface area (Å²) in [6.45, 7) is 17.9. The van der Waals surface area contributed by atoms with Crippen LogP contribution in [0.15, 0.2) is 43.2 Å². The van der Waals surface area contributed by atoms with E-state index in [1.54, 1.807) is 19.1 Å². The van der Waals surface area contributed by atoms with Gasteiger partial charge in [0, 0.05) is 18.5 Å². The highest BCUT2D eigenvalue weighted by atomic mass is 19.1. The van der Waals surface area contributed by atoms with Crippen molar-refractivity contribution in [2.45, 2.75) is 78.8 Å². The number of urea groups is 1. The lowest BCUT2D eigenvalue weighted by molar-refractivity contribution is 0.221. The third-order valence-corrected chi connectivity index (χ3v) is 5.22. The van der Waals surface area contributed by atoms with Gasteiger partial charge in [0.1, 0.15) is 17.3 Å². The molecule has 2 fully saturated rings. The molecule has 0 atom stereocenters. The Hall–Kier alpha value is -3.53. The maximum absolute atomic E-state index is 12.8. The van der Waals surface area contributed by atoms with Crippen LogP contribution in [0.3, 0.4) is 0 Å². The van der Waals surface area contributed by atoms with Gasteiger partial charge in [0.2, 0.25) is 0 Å². The van der Waals surface area contributed by atoms with E-state index >= 15 is 0 Å². The normalized spacial score (nSPS) is 16.2. The molecule has 7 heteroatoms. The number of halogens is 1. The van der Waals surface area contributed by atoms with Gasteiger partial charge in [-0.2, -0.15) is 0 Å². The maximum atomic E-state index is 12.8. The lowest BCUT2D eigenvalue weighted by Gasteiger charge is -2.35. The van der Waals surface area contributed by atoms with E-state index in [0.29, 0.717) is 35.2 Å². The molecule has 0 bridgehead atoms. The SMILES string of the molecule is C=C(C)Oc1ccc(F)cc1.C=C1c2[nH]c(C#CCC)nc2N(C2CC2)C(=O)N1C1CC1.CC(C)C. The van der Waals surface area contributed by atoms with E-state index in [9.17, 15) is 9.18 Å². The number of aromatic nitrogens is 2. The number of ether oxygens (including phenoxy) is 1. The summed E-state index contributed by atoms with van der Waals surface area (Å²) < 4.78 is 17.5. The van der Waals surface area contributed by atoms with Gasteiger partial charge < -0.3 is 9.72 Å². The number of amides is 2. The zero-order valence-corrected chi connectivity index (χ0v) is 22.0. The molecule has 0 radical (unpaired) electrons. The van der Waals surface area contributed by atoms with Crippen LogP contribution in [0.25, 0.3) is 5.70 Å². The summed E-state index contributed by atoms with van der Waals surface area (Å²) in [5.41, 5.74) is 1.60. The number of carbonyl (C=O) groups is 1. The van der Waals surface area contributed by atoms with Gasteiger partial charge in [-0.15, -0.1) is 0 Å². The van der Waals surface area contributed by atoms with E-state index in [4.69, 9.17) is 4.74 Å². The minimum atomic E-state index is -0.265. The van der Waals surface area contributed by atoms with Crippen LogP contribution >= 0.6 is 0 Å². The molecule has 0 spiro atoms. The van der Waals surface area contributed by atoms with Crippen molar-refractivity contribution in [3.63, 3.8) is 0 Å². The third kappa shape index (κ3) is 7.24. The van der Waals surface area contributed by atoms with Crippen molar-refractivity contribution in [1.82, 2.24) is 14.9 Å². The van der Waals surface area contributed by atoms with Crippen molar-refractivity contribution in [2.24, 2.45) is 5.92 Å². The van der Waals surface area contributed by atoms with E-state index in [1.165, 1.54) is 12.1 Å². The van der Waals surface area contributed by atoms with E-state index < -0.39 is 0 Å². The summed E-state index contributed by atoms with van der Waals surface area (Å²) in [5.74, 6) is 9.14. The molecule has 2 aliphatic carbocycles. The molecule has 1 N–H and O–H groups in total. The molecule has 3 aliphatic rings. The number of aromatic amines is 1. The topological polar surface area (TPSA) is 61.5 Å². The van der Waals surface area contributed by atoms with Crippen LogP contribution < -0.4 is 9.64 Å². The molecule has 192 valence electrons. The number of fused-ring (bicyclic) bond motifs is 1. The zero-order chi connectivity index (χ0) is 26.4. The highest BCUT2D eigenvalue weighted by Gasteiger charge is 2.47. The van der Waals surface area contributed by atoms with Gasteiger partial charge in [-0.1, -0.05) is 46.8 Å². The number of nitrogens with one attached hydrogen (secondary N) is 1. The molecular formula is C29H37FN4O2. The molecule has 2 amide bonds. The summed E-state index contributed by atoms with van der Waals surface area (Å²) in [6, 6.07) is 6.46. The average molecular weight is 493 g/mol. The smallest absolute Gasteiger partial charge is 0.330 e. The highest BCUT2D eigenvalue weighted by molar-refractivity contribution is 6.04. The monoisotopic (exact) mass is 492 g/mol. The predicted octanol–water partition coefficient (Wildman–Crippen LogP) is 7.11. The molecule has 36 heavy (non-hydrogen) atoms. The number of anilines is 1. The Morgan fingerprint density at radius 2 is 1.72 bits per heavy atom. The van der Waals surface area contributed by atoms with Gasteiger partial charge >= 0.3 is 6.03 Å². The van der Waals surface area contributed by atoms with Gasteiger partial charge in [-0.05, 0) is 68.7 Å². The van der Waals surface area contributed by atoms with Gasteiger partial charge in [0.25, 0.3) is 0 Å². The highest BCUT2D eigenvalue weighted by Crippen LogP contribution is 2.44. The molecule has 2 aromatic rings. The Labute approximate surface area is 214 Å². The Morgan fingerprint density at radius 1 is 1.17 bits per heavy atom. The molecule has 1 aromatic heterocycles. The van der Waals surface area contributed by atoms with E-state index in [-0.39, 0.29) is 11.8 Å². The Balaban J connectivity index is 0.000000203. The Bertz CT molecular complexity index is 1150. The molecule has 2 heterocycles. The fourth-order valence-electron chi connectivity index (χ4n) is 3.49. The van der Waals surface area contributed by atoms with E-state index in [2.05, 4.69) is 55.7 Å². The van der Waals surface area contributed by atoms with Gasteiger partial charge in [0.05, 0.1) is 11.5 Å². The summed E-state index contributed by atoms with van der Waals surface area (Å²) in [4.78, 5) is 24.3. The van der Waals surface area contributed by atoms with Gasteiger partial charge in [-0.3, -0.25) is 9.80 Å². The first-order chi connectivity index (χ1) is 17.1. The van der Waals surface area contributed by atoms with Crippen molar-refractivity contribution in [3.05, 3.63) is 60.5 Å². The zero-order valence-electron chi connectivity index (χ0n) is 22.0. The second-order valence-corrected chi connectivity index (χ2v) is 9.86. The number of hydrogen-bond acceptors (Lipinski definition) is 3. The summed E-state index contributed by atoms with van der Waals surface area (Å²) in [5, 5.41) is 0. The molecule has 6 nitrogen and oxygen atoms in total. The van der Waals surface area contributed by atoms with Crippen LogP contribution in [0.4, 0.5) is 15.0 Å². The fraction of sp³-hybridized carbons (Fsp3) is 0.448. The average Bonchev–Trinajstić information content (AvgIpc) is 3.73. The lowest BCUT2D eigenvalue weighted by Crippen LogP contribution is -2.48. The molecule has 0 saturated heterocycles. The molecule has 1 aromatic carbocycles. The van der Waals surface area contributed by atoms with Crippen LogP contribution in [0.2, 0.25) is 0 Å². The number of allylic oxidation sites excluding steroid dienone is 1. The lowest BCUT2D eigenvalue weighted by atomic mass is 10.2. The third-order valence-electron chi connectivity index (χ3n) is 5.22. The quantitative estimate of drug-likeness (QED) is 0.365. The fourth-order valence-corrected chi connectivity index (χ4v) is 3.49. The van der Waals surface area contributed by atoms with Gasteiger partial charge in [0.15, 0.2) is 11.6 Å².